The molecule has 136 valence electrons. The second kappa shape index (κ2) is 10.6. The molecule has 0 saturated carbocycles. The third-order valence-corrected chi connectivity index (χ3v) is 4.03. The Hall–Kier alpha value is -3.31. The summed E-state index contributed by atoms with van der Waals surface area (Å²) in [6.07, 6.45) is 6.15. The summed E-state index contributed by atoms with van der Waals surface area (Å²) < 4.78 is 0. The van der Waals surface area contributed by atoms with Crippen LogP contribution in [0.4, 0.5) is 0 Å². The molecular formula is C25H25NO. The van der Waals surface area contributed by atoms with Crippen LogP contribution in [0.2, 0.25) is 0 Å². The number of amides is 1. The SMILES string of the molecule is C#Cc1ccccc1CC(C)NC(C)=O.c1ccc(-c2ccccc2)cc1. The van der Waals surface area contributed by atoms with Gasteiger partial charge in [0, 0.05) is 18.5 Å². The summed E-state index contributed by atoms with van der Waals surface area (Å²) in [5, 5.41) is 2.84. The first-order valence-electron chi connectivity index (χ1n) is 9.02. The topological polar surface area (TPSA) is 29.1 Å². The Bertz CT molecular complexity index is 841. The minimum Gasteiger partial charge on any atom is -0.354 e. The summed E-state index contributed by atoms with van der Waals surface area (Å²) in [6, 6.07) is 28.7. The van der Waals surface area contributed by atoms with Crippen molar-refractivity contribution in [2.75, 3.05) is 0 Å². The molecule has 1 unspecified atom stereocenters. The smallest absolute Gasteiger partial charge is 0.217 e. The molecule has 0 fully saturated rings. The number of carbonyl (C=O) groups excluding carboxylic acids is 1. The number of benzene rings is 3. The van der Waals surface area contributed by atoms with E-state index in [2.05, 4.69) is 59.8 Å². The van der Waals surface area contributed by atoms with Crippen molar-refractivity contribution in [3.8, 4) is 23.5 Å². The lowest BCUT2D eigenvalue weighted by Gasteiger charge is -2.13. The van der Waals surface area contributed by atoms with Crippen LogP contribution in [0.15, 0.2) is 84.9 Å². The Kier molecular flexibility index (Phi) is 7.88. The van der Waals surface area contributed by atoms with Crippen LogP contribution in [-0.4, -0.2) is 11.9 Å². The van der Waals surface area contributed by atoms with Crippen LogP contribution in [-0.2, 0) is 11.2 Å². The van der Waals surface area contributed by atoms with Crippen LogP contribution in [0.25, 0.3) is 11.1 Å². The molecule has 27 heavy (non-hydrogen) atoms. The number of hydrogen-bond donors (Lipinski definition) is 1. The van der Waals surface area contributed by atoms with E-state index in [1.54, 1.807) is 0 Å². The van der Waals surface area contributed by atoms with E-state index in [9.17, 15) is 4.79 Å². The highest BCUT2D eigenvalue weighted by atomic mass is 16.1. The van der Waals surface area contributed by atoms with Crippen LogP contribution in [0.1, 0.15) is 25.0 Å². The zero-order chi connectivity index (χ0) is 19.5. The first-order valence-corrected chi connectivity index (χ1v) is 9.02. The van der Waals surface area contributed by atoms with Gasteiger partial charge in [0.1, 0.15) is 0 Å². The second-order valence-corrected chi connectivity index (χ2v) is 6.34. The Labute approximate surface area is 162 Å². The maximum atomic E-state index is 10.8. The normalized spacial score (nSPS) is 10.7. The van der Waals surface area contributed by atoms with Gasteiger partial charge in [-0.2, -0.15) is 0 Å². The van der Waals surface area contributed by atoms with Gasteiger partial charge in [0.2, 0.25) is 5.91 Å². The number of terminal acetylenes is 1. The van der Waals surface area contributed by atoms with Crippen LogP contribution in [0.3, 0.4) is 0 Å². The molecule has 3 rings (SSSR count). The number of rotatable bonds is 4. The van der Waals surface area contributed by atoms with Gasteiger partial charge in [0.15, 0.2) is 0 Å². The lowest BCUT2D eigenvalue weighted by atomic mass is 10.0. The summed E-state index contributed by atoms with van der Waals surface area (Å²) in [5.74, 6) is 2.63. The van der Waals surface area contributed by atoms with E-state index >= 15 is 0 Å². The van der Waals surface area contributed by atoms with Gasteiger partial charge in [-0.05, 0) is 36.1 Å². The Morgan fingerprint density at radius 3 is 1.85 bits per heavy atom. The zero-order valence-corrected chi connectivity index (χ0v) is 15.9. The van der Waals surface area contributed by atoms with Gasteiger partial charge in [0.25, 0.3) is 0 Å². The van der Waals surface area contributed by atoms with E-state index in [0.717, 1.165) is 17.5 Å². The van der Waals surface area contributed by atoms with E-state index in [0.29, 0.717) is 0 Å². The molecule has 0 aliphatic carbocycles. The predicted molar refractivity (Wildman–Crippen MR) is 113 cm³/mol. The fourth-order valence-electron chi connectivity index (χ4n) is 2.83. The molecule has 2 nitrogen and oxygen atoms in total. The van der Waals surface area contributed by atoms with Gasteiger partial charge in [-0.1, -0.05) is 84.8 Å². The molecule has 0 heterocycles. The molecule has 0 spiro atoms. The van der Waals surface area contributed by atoms with Crippen LogP contribution in [0.5, 0.6) is 0 Å². The zero-order valence-electron chi connectivity index (χ0n) is 15.9. The first-order chi connectivity index (χ1) is 13.1. The molecular weight excluding hydrogens is 330 g/mol. The van der Waals surface area contributed by atoms with E-state index in [1.165, 1.54) is 18.1 Å². The van der Waals surface area contributed by atoms with Gasteiger partial charge in [-0.15, -0.1) is 6.42 Å². The molecule has 3 aromatic carbocycles. The molecule has 2 heteroatoms. The fourth-order valence-corrected chi connectivity index (χ4v) is 2.83. The van der Waals surface area contributed by atoms with Crippen molar-refractivity contribution in [3.63, 3.8) is 0 Å². The number of nitrogens with one attached hydrogen (secondary N) is 1. The van der Waals surface area contributed by atoms with Gasteiger partial charge >= 0.3 is 0 Å². The van der Waals surface area contributed by atoms with E-state index in [1.807, 2.05) is 43.3 Å². The average molecular weight is 355 g/mol. The van der Waals surface area contributed by atoms with Crippen molar-refractivity contribution in [1.29, 1.82) is 0 Å². The Balaban J connectivity index is 0.000000198. The molecule has 0 aliphatic rings. The quantitative estimate of drug-likeness (QED) is 0.649. The van der Waals surface area contributed by atoms with Crippen LogP contribution < -0.4 is 5.32 Å². The molecule has 1 N–H and O–H groups in total. The van der Waals surface area contributed by atoms with Crippen LogP contribution >= 0.6 is 0 Å². The van der Waals surface area contributed by atoms with Crippen molar-refractivity contribution < 1.29 is 4.79 Å². The predicted octanol–water partition coefficient (Wildman–Crippen LogP) is 5.09. The molecule has 0 aliphatic heterocycles. The van der Waals surface area contributed by atoms with Gasteiger partial charge in [-0.3, -0.25) is 4.79 Å². The third-order valence-electron chi connectivity index (χ3n) is 4.03. The molecule has 1 atom stereocenters. The third kappa shape index (κ3) is 6.84. The van der Waals surface area contributed by atoms with Gasteiger partial charge in [-0.25, -0.2) is 0 Å². The largest absolute Gasteiger partial charge is 0.354 e. The highest BCUT2D eigenvalue weighted by Crippen LogP contribution is 2.17. The first kappa shape index (κ1) is 20.0. The molecule has 1 amide bonds. The van der Waals surface area contributed by atoms with Gasteiger partial charge in [0.05, 0.1) is 0 Å². The summed E-state index contributed by atoms with van der Waals surface area (Å²) in [5.41, 5.74) is 4.55. The molecule has 0 saturated heterocycles. The maximum absolute atomic E-state index is 10.8. The lowest BCUT2D eigenvalue weighted by Crippen LogP contribution is -2.32. The van der Waals surface area contributed by atoms with Crippen molar-refractivity contribution in [1.82, 2.24) is 5.32 Å². The van der Waals surface area contributed by atoms with Gasteiger partial charge < -0.3 is 5.32 Å². The Morgan fingerprint density at radius 1 is 0.889 bits per heavy atom. The van der Waals surface area contributed by atoms with Crippen molar-refractivity contribution in [3.05, 3.63) is 96.1 Å². The summed E-state index contributed by atoms with van der Waals surface area (Å²) in [6.45, 7) is 3.48. The van der Waals surface area contributed by atoms with E-state index in [4.69, 9.17) is 6.42 Å². The average Bonchev–Trinajstić information content (AvgIpc) is 2.69. The van der Waals surface area contributed by atoms with Crippen LogP contribution in [0, 0.1) is 12.3 Å². The molecule has 0 bridgehead atoms. The minimum absolute atomic E-state index is 0.0133. The van der Waals surface area contributed by atoms with Crippen molar-refractivity contribution >= 4 is 5.91 Å². The number of carbonyl (C=O) groups is 1. The monoisotopic (exact) mass is 355 g/mol. The standard InChI is InChI=1S/C13H15NO.C12H10/c1-4-12-7-5-6-8-13(12)9-10(2)14-11(3)15;1-3-7-11(8-4-1)12-9-5-2-6-10-12/h1,5-8,10H,9H2,2-3H3,(H,14,15);1-10H. The highest BCUT2D eigenvalue weighted by molar-refractivity contribution is 5.73. The molecule has 3 aromatic rings. The summed E-state index contributed by atoms with van der Waals surface area (Å²) in [4.78, 5) is 10.8. The second-order valence-electron chi connectivity index (χ2n) is 6.34. The van der Waals surface area contributed by atoms with Crippen molar-refractivity contribution in [2.24, 2.45) is 0 Å². The van der Waals surface area contributed by atoms with E-state index in [-0.39, 0.29) is 11.9 Å². The summed E-state index contributed by atoms with van der Waals surface area (Å²) in [7, 11) is 0. The highest BCUT2D eigenvalue weighted by Gasteiger charge is 2.06. The summed E-state index contributed by atoms with van der Waals surface area (Å²) >= 11 is 0. The van der Waals surface area contributed by atoms with E-state index < -0.39 is 0 Å². The van der Waals surface area contributed by atoms with Crippen molar-refractivity contribution in [2.45, 2.75) is 26.3 Å². The fraction of sp³-hybridized carbons (Fsp3) is 0.160. The minimum atomic E-state index is -0.0133. The molecule has 0 radical (unpaired) electrons. The lowest BCUT2D eigenvalue weighted by molar-refractivity contribution is -0.119. The molecule has 0 aromatic heterocycles. The maximum Gasteiger partial charge on any atom is 0.217 e. The Morgan fingerprint density at radius 2 is 1.37 bits per heavy atom. The number of hydrogen-bond acceptors (Lipinski definition) is 1.